The Morgan fingerprint density at radius 1 is 1.32 bits per heavy atom. The van der Waals surface area contributed by atoms with E-state index in [0.717, 1.165) is 11.4 Å². The normalized spacial score (nSPS) is 10.5. The molecule has 2 aromatic rings. The fourth-order valence-electron chi connectivity index (χ4n) is 2.08. The van der Waals surface area contributed by atoms with E-state index >= 15 is 0 Å². The monoisotopic (exact) mass is 302 g/mol. The number of aliphatic carboxylic acids is 1. The molecule has 22 heavy (non-hydrogen) atoms. The third kappa shape index (κ3) is 3.49. The van der Waals surface area contributed by atoms with E-state index in [1.54, 1.807) is 23.9 Å². The fraction of sp³-hybridized carbons (Fsp3) is 0.333. The number of nitrogens with zero attached hydrogens (tertiary/aromatic N) is 4. The van der Waals surface area contributed by atoms with Gasteiger partial charge in [0.2, 0.25) is 0 Å². The molecule has 2 rings (SSSR count). The van der Waals surface area contributed by atoms with Crippen molar-refractivity contribution in [1.29, 1.82) is 0 Å². The van der Waals surface area contributed by atoms with E-state index in [4.69, 9.17) is 5.11 Å². The highest BCUT2D eigenvalue weighted by atomic mass is 16.4. The number of carbonyl (C=O) groups excluding carboxylic acids is 1. The van der Waals surface area contributed by atoms with E-state index < -0.39 is 5.97 Å². The first-order valence-corrected chi connectivity index (χ1v) is 6.85. The Bertz CT molecular complexity index is 691. The predicted molar refractivity (Wildman–Crippen MR) is 80.0 cm³/mol. The summed E-state index contributed by atoms with van der Waals surface area (Å²) >= 11 is 0. The van der Waals surface area contributed by atoms with Crippen LogP contribution in [0.2, 0.25) is 0 Å². The van der Waals surface area contributed by atoms with Gasteiger partial charge in [0.1, 0.15) is 0 Å². The quantitative estimate of drug-likeness (QED) is 0.902. The van der Waals surface area contributed by atoms with Crippen LogP contribution in [-0.2, 0) is 4.79 Å². The number of carboxylic acid groups (broad SMARTS) is 1. The van der Waals surface area contributed by atoms with Crippen molar-refractivity contribution in [1.82, 2.24) is 19.7 Å². The third-order valence-electron chi connectivity index (χ3n) is 3.23. The summed E-state index contributed by atoms with van der Waals surface area (Å²) in [7, 11) is 1.57. The van der Waals surface area contributed by atoms with Crippen LogP contribution in [0.3, 0.4) is 0 Å². The van der Waals surface area contributed by atoms with Gasteiger partial charge in [-0.3, -0.25) is 9.59 Å². The van der Waals surface area contributed by atoms with Crippen LogP contribution in [-0.4, -0.2) is 50.2 Å². The molecule has 0 saturated heterocycles. The largest absolute Gasteiger partial charge is 0.481 e. The van der Waals surface area contributed by atoms with Crippen molar-refractivity contribution in [3.8, 4) is 5.82 Å². The smallest absolute Gasteiger partial charge is 0.305 e. The molecule has 2 aromatic heterocycles. The summed E-state index contributed by atoms with van der Waals surface area (Å²) in [5.74, 6) is -0.554. The summed E-state index contributed by atoms with van der Waals surface area (Å²) in [6, 6.07) is 5.33. The van der Waals surface area contributed by atoms with Crippen LogP contribution in [0, 0.1) is 13.8 Å². The molecule has 0 aliphatic heterocycles. The van der Waals surface area contributed by atoms with Crippen LogP contribution in [0.25, 0.3) is 5.82 Å². The van der Waals surface area contributed by atoms with Gasteiger partial charge in [-0.2, -0.15) is 5.10 Å². The number of aromatic nitrogens is 3. The van der Waals surface area contributed by atoms with E-state index in [1.807, 2.05) is 19.9 Å². The Morgan fingerprint density at radius 2 is 2.05 bits per heavy atom. The summed E-state index contributed by atoms with van der Waals surface area (Å²) in [4.78, 5) is 28.3. The van der Waals surface area contributed by atoms with Gasteiger partial charge in [-0.25, -0.2) is 9.67 Å². The molecule has 0 bridgehead atoms. The predicted octanol–water partition coefficient (Wildman–Crippen LogP) is 1.43. The minimum absolute atomic E-state index is 0.0838. The molecular weight excluding hydrogens is 284 g/mol. The lowest BCUT2D eigenvalue weighted by Gasteiger charge is -2.16. The van der Waals surface area contributed by atoms with Gasteiger partial charge in [-0.05, 0) is 32.0 Å². The lowest BCUT2D eigenvalue weighted by atomic mass is 10.2. The van der Waals surface area contributed by atoms with Crippen LogP contribution >= 0.6 is 0 Å². The summed E-state index contributed by atoms with van der Waals surface area (Å²) < 4.78 is 1.71. The number of rotatable bonds is 5. The molecule has 0 aliphatic carbocycles. The molecule has 2 heterocycles. The highest BCUT2D eigenvalue weighted by Crippen LogP contribution is 2.11. The van der Waals surface area contributed by atoms with Crippen LogP contribution < -0.4 is 0 Å². The van der Waals surface area contributed by atoms with Crippen molar-refractivity contribution in [3.63, 3.8) is 0 Å². The van der Waals surface area contributed by atoms with Crippen molar-refractivity contribution in [3.05, 3.63) is 41.3 Å². The number of aryl methyl sites for hydroxylation is 2. The molecule has 0 fully saturated rings. The third-order valence-corrected chi connectivity index (χ3v) is 3.23. The number of pyridine rings is 1. The number of amides is 1. The van der Waals surface area contributed by atoms with Gasteiger partial charge in [-0.1, -0.05) is 0 Å². The first kappa shape index (κ1) is 15.7. The maximum Gasteiger partial charge on any atom is 0.305 e. The van der Waals surface area contributed by atoms with E-state index in [-0.39, 0.29) is 18.9 Å². The molecule has 0 radical (unpaired) electrons. The standard InChI is InChI=1S/C15H18N4O3/c1-10-8-11(2)19(17-10)13-5-4-12(9-16-13)15(22)18(3)7-6-14(20)21/h4-5,8-9H,6-7H2,1-3H3,(H,20,21). The van der Waals surface area contributed by atoms with Gasteiger partial charge in [0.25, 0.3) is 5.91 Å². The number of hydrogen-bond acceptors (Lipinski definition) is 4. The Morgan fingerprint density at radius 3 is 2.55 bits per heavy atom. The maximum absolute atomic E-state index is 12.1. The summed E-state index contributed by atoms with van der Waals surface area (Å²) in [5, 5.41) is 13.0. The molecule has 0 aromatic carbocycles. The zero-order valence-electron chi connectivity index (χ0n) is 12.8. The number of carbonyl (C=O) groups is 2. The minimum Gasteiger partial charge on any atom is -0.481 e. The zero-order chi connectivity index (χ0) is 16.3. The highest BCUT2D eigenvalue weighted by molar-refractivity contribution is 5.94. The molecule has 0 unspecified atom stereocenters. The second kappa shape index (κ2) is 6.38. The van der Waals surface area contributed by atoms with Gasteiger partial charge in [0, 0.05) is 25.5 Å². The maximum atomic E-state index is 12.1. The number of carboxylic acids is 1. The van der Waals surface area contributed by atoms with Crippen molar-refractivity contribution < 1.29 is 14.7 Å². The molecular formula is C15H18N4O3. The Balaban J connectivity index is 2.13. The molecule has 116 valence electrons. The second-order valence-electron chi connectivity index (χ2n) is 5.11. The van der Waals surface area contributed by atoms with Gasteiger partial charge in [0.05, 0.1) is 17.7 Å². The fourth-order valence-corrected chi connectivity index (χ4v) is 2.08. The molecule has 0 atom stereocenters. The lowest BCUT2D eigenvalue weighted by molar-refractivity contribution is -0.137. The van der Waals surface area contributed by atoms with Crippen LogP contribution in [0.1, 0.15) is 28.2 Å². The number of hydrogen-bond donors (Lipinski definition) is 1. The Labute approximate surface area is 128 Å². The van der Waals surface area contributed by atoms with E-state index in [1.165, 1.54) is 11.1 Å². The van der Waals surface area contributed by atoms with Crippen LogP contribution in [0.4, 0.5) is 0 Å². The van der Waals surface area contributed by atoms with E-state index in [2.05, 4.69) is 10.1 Å². The molecule has 0 spiro atoms. The first-order chi connectivity index (χ1) is 10.4. The highest BCUT2D eigenvalue weighted by Gasteiger charge is 2.14. The topological polar surface area (TPSA) is 88.3 Å². The average Bonchev–Trinajstić information content (AvgIpc) is 2.83. The van der Waals surface area contributed by atoms with Crippen molar-refractivity contribution in [2.24, 2.45) is 0 Å². The zero-order valence-corrected chi connectivity index (χ0v) is 12.8. The summed E-state index contributed by atoms with van der Waals surface area (Å²) in [6.45, 7) is 3.99. The lowest BCUT2D eigenvalue weighted by Crippen LogP contribution is -2.29. The van der Waals surface area contributed by atoms with E-state index in [9.17, 15) is 9.59 Å². The summed E-state index contributed by atoms with van der Waals surface area (Å²) in [5.41, 5.74) is 2.27. The van der Waals surface area contributed by atoms with Crippen LogP contribution in [0.15, 0.2) is 24.4 Å². The minimum atomic E-state index is -0.933. The molecule has 0 aliphatic rings. The van der Waals surface area contributed by atoms with Gasteiger partial charge >= 0.3 is 5.97 Å². The van der Waals surface area contributed by atoms with Gasteiger partial charge in [-0.15, -0.1) is 0 Å². The Hall–Kier alpha value is -2.70. The second-order valence-corrected chi connectivity index (χ2v) is 5.11. The van der Waals surface area contributed by atoms with Crippen molar-refractivity contribution >= 4 is 11.9 Å². The van der Waals surface area contributed by atoms with Crippen molar-refractivity contribution in [2.75, 3.05) is 13.6 Å². The molecule has 7 nitrogen and oxygen atoms in total. The first-order valence-electron chi connectivity index (χ1n) is 6.85. The van der Waals surface area contributed by atoms with E-state index in [0.29, 0.717) is 11.4 Å². The van der Waals surface area contributed by atoms with Gasteiger partial charge in [0.15, 0.2) is 5.82 Å². The molecule has 1 amide bonds. The van der Waals surface area contributed by atoms with Crippen molar-refractivity contribution in [2.45, 2.75) is 20.3 Å². The molecule has 7 heteroatoms. The SMILES string of the molecule is Cc1cc(C)n(-c2ccc(C(=O)N(C)CCC(=O)O)cn2)n1. The Kier molecular flexibility index (Phi) is 4.55. The van der Waals surface area contributed by atoms with Gasteiger partial charge < -0.3 is 10.0 Å². The molecule has 1 N–H and O–H groups in total. The molecule has 0 saturated carbocycles. The summed E-state index contributed by atoms with van der Waals surface area (Å²) in [6.07, 6.45) is 1.39. The average molecular weight is 302 g/mol. The van der Waals surface area contributed by atoms with Crippen LogP contribution in [0.5, 0.6) is 0 Å².